The average Bonchev–Trinajstić information content (AvgIpc) is 3.61. The predicted octanol–water partition coefficient (Wildman–Crippen LogP) is 8.76. The summed E-state index contributed by atoms with van der Waals surface area (Å²) in [4.78, 5) is 16.9. The molecule has 3 aromatic carbocycles. The normalized spacial score (nSPS) is 20.0. The number of ether oxygens (including phenoxy) is 1. The Bertz CT molecular complexity index is 2660. The Hall–Kier alpha value is -4.90. The number of hydrogen-bond acceptors (Lipinski definition) is 9. The molecule has 4 N–H and O–H groups in total. The van der Waals surface area contributed by atoms with Crippen LogP contribution in [0.1, 0.15) is 90.7 Å². The molecule has 1 fully saturated rings. The highest BCUT2D eigenvalue weighted by Gasteiger charge is 2.44. The SMILES string of the molecule is CCCC[N+]1=C(C=CC2=C(Nc3ccc(NC(=O)CN4CCOCC4)cc3)C(=CC=C3N(CCCCS(=O)(=O)O)c4ccc(S(=O)(=O)O)cc4C3(C)C)CCC2)C(C)(C)c2ccccc21. The van der Waals surface area contributed by atoms with Gasteiger partial charge in [-0.3, -0.25) is 18.8 Å². The van der Waals surface area contributed by atoms with E-state index in [4.69, 9.17) is 4.74 Å². The van der Waals surface area contributed by atoms with E-state index in [9.17, 15) is 30.7 Å². The maximum Gasteiger partial charge on any atom is 0.294 e. The van der Waals surface area contributed by atoms with Gasteiger partial charge in [0, 0.05) is 77.6 Å². The van der Waals surface area contributed by atoms with Gasteiger partial charge in [-0.2, -0.15) is 21.4 Å². The lowest BCUT2D eigenvalue weighted by Crippen LogP contribution is -2.41. The molecule has 3 heterocycles. The Morgan fingerprint density at radius 3 is 2.28 bits per heavy atom. The molecule has 3 aliphatic heterocycles. The van der Waals surface area contributed by atoms with Crippen molar-refractivity contribution >= 4 is 54.6 Å². The number of carbonyl (C=O) groups is 1. The lowest BCUT2D eigenvalue weighted by molar-refractivity contribution is -0.438. The molecular weight excluding hydrogens is 863 g/mol. The second kappa shape index (κ2) is 19.9. The predicted molar refractivity (Wildman–Crippen MR) is 259 cm³/mol. The van der Waals surface area contributed by atoms with Crippen LogP contribution in [0.4, 0.5) is 22.7 Å². The zero-order chi connectivity index (χ0) is 46.6. The van der Waals surface area contributed by atoms with Gasteiger partial charge in [0.05, 0.1) is 35.8 Å². The van der Waals surface area contributed by atoms with E-state index in [0.717, 1.165) is 91.2 Å². The highest BCUT2D eigenvalue weighted by molar-refractivity contribution is 7.86. The first kappa shape index (κ1) is 48.0. The monoisotopic (exact) mass is 926 g/mol. The molecule has 3 aromatic rings. The molecule has 1 saturated heterocycles. The number of hydrogen-bond donors (Lipinski definition) is 4. The van der Waals surface area contributed by atoms with Gasteiger partial charge >= 0.3 is 0 Å². The van der Waals surface area contributed by atoms with E-state index in [0.29, 0.717) is 38.4 Å². The van der Waals surface area contributed by atoms with Crippen LogP contribution >= 0.6 is 0 Å². The summed E-state index contributed by atoms with van der Waals surface area (Å²) >= 11 is 0. The number of unbranched alkanes of at least 4 members (excludes halogenated alkanes) is 2. The molecule has 65 heavy (non-hydrogen) atoms. The van der Waals surface area contributed by atoms with E-state index in [1.54, 1.807) is 6.07 Å². The van der Waals surface area contributed by atoms with E-state index < -0.39 is 25.7 Å². The van der Waals surface area contributed by atoms with E-state index in [-0.39, 0.29) is 28.4 Å². The Labute approximate surface area is 385 Å². The fourth-order valence-corrected chi connectivity index (χ4v) is 10.6. The maximum atomic E-state index is 12.9. The number of carbonyl (C=O) groups excluding carboxylic acids is 1. The van der Waals surface area contributed by atoms with Crippen LogP contribution in [0.5, 0.6) is 0 Å². The molecule has 0 unspecified atom stereocenters. The zero-order valence-corrected chi connectivity index (χ0v) is 39.9. The van der Waals surface area contributed by atoms with Gasteiger partial charge in [-0.15, -0.1) is 0 Å². The van der Waals surface area contributed by atoms with Crippen molar-refractivity contribution < 1.29 is 40.0 Å². The van der Waals surface area contributed by atoms with E-state index >= 15 is 0 Å². The summed E-state index contributed by atoms with van der Waals surface area (Å²) in [5.74, 6) is -0.437. The molecule has 0 atom stereocenters. The smallest absolute Gasteiger partial charge is 0.294 e. The molecule has 348 valence electrons. The molecular formula is C50H64N5O8S2+. The highest BCUT2D eigenvalue weighted by atomic mass is 32.2. The van der Waals surface area contributed by atoms with Crippen LogP contribution in [0.15, 0.2) is 118 Å². The summed E-state index contributed by atoms with van der Waals surface area (Å²) in [6.07, 6.45) is 14.1. The van der Waals surface area contributed by atoms with Crippen molar-refractivity contribution in [1.29, 1.82) is 0 Å². The Morgan fingerprint density at radius 2 is 1.57 bits per heavy atom. The molecule has 0 bridgehead atoms. The number of nitrogens with zero attached hydrogens (tertiary/aromatic N) is 3. The number of para-hydroxylation sites is 1. The second-order valence-corrected chi connectivity index (χ2v) is 21.4. The first-order valence-corrected chi connectivity index (χ1v) is 25.8. The lowest BCUT2D eigenvalue weighted by Gasteiger charge is -2.28. The van der Waals surface area contributed by atoms with E-state index in [1.165, 1.54) is 29.1 Å². The molecule has 13 nitrogen and oxygen atoms in total. The molecule has 0 saturated carbocycles. The van der Waals surface area contributed by atoms with Gasteiger partial charge < -0.3 is 20.3 Å². The fourth-order valence-electron chi connectivity index (χ4n) is 9.53. The Balaban J connectivity index is 1.27. The fraction of sp³-hybridized carbons (Fsp3) is 0.440. The number of morpholine rings is 1. The summed E-state index contributed by atoms with van der Waals surface area (Å²) in [7, 11) is -8.61. The summed E-state index contributed by atoms with van der Waals surface area (Å²) in [5, 5.41) is 6.81. The number of anilines is 3. The third-order valence-electron chi connectivity index (χ3n) is 13.1. The van der Waals surface area contributed by atoms with E-state index in [1.807, 2.05) is 38.1 Å². The van der Waals surface area contributed by atoms with Gasteiger partial charge in [-0.1, -0.05) is 57.5 Å². The number of benzene rings is 3. The van der Waals surface area contributed by atoms with Crippen molar-refractivity contribution in [2.24, 2.45) is 0 Å². The van der Waals surface area contributed by atoms with Crippen molar-refractivity contribution in [1.82, 2.24) is 4.90 Å². The summed E-state index contributed by atoms with van der Waals surface area (Å²) < 4.78 is 75.0. The molecule has 4 aliphatic rings. The van der Waals surface area contributed by atoms with Crippen molar-refractivity contribution in [2.75, 3.05) is 67.2 Å². The van der Waals surface area contributed by atoms with Crippen molar-refractivity contribution in [3.63, 3.8) is 0 Å². The maximum absolute atomic E-state index is 12.9. The first-order chi connectivity index (χ1) is 30.9. The summed E-state index contributed by atoms with van der Waals surface area (Å²) in [6, 6.07) is 21.0. The van der Waals surface area contributed by atoms with Crippen LogP contribution in [0.2, 0.25) is 0 Å². The first-order valence-electron chi connectivity index (χ1n) is 22.8. The highest BCUT2D eigenvalue weighted by Crippen LogP contribution is 2.49. The van der Waals surface area contributed by atoms with Gasteiger partial charge in [-0.25, -0.2) is 0 Å². The lowest BCUT2D eigenvalue weighted by atomic mass is 9.81. The van der Waals surface area contributed by atoms with Gasteiger partial charge in [0.1, 0.15) is 6.54 Å². The second-order valence-electron chi connectivity index (χ2n) is 18.4. The molecule has 0 spiro atoms. The van der Waals surface area contributed by atoms with Crippen LogP contribution in [0, 0.1) is 0 Å². The van der Waals surface area contributed by atoms with Crippen LogP contribution < -0.4 is 15.5 Å². The number of rotatable bonds is 17. The number of fused-ring (bicyclic) bond motifs is 2. The van der Waals surface area contributed by atoms with Crippen LogP contribution in [0.25, 0.3) is 0 Å². The number of nitrogens with one attached hydrogen (secondary N) is 2. The largest absolute Gasteiger partial charge is 0.379 e. The number of allylic oxidation sites excluding steroid dienone is 7. The average molecular weight is 927 g/mol. The van der Waals surface area contributed by atoms with Crippen LogP contribution in [0.3, 0.4) is 0 Å². The van der Waals surface area contributed by atoms with Gasteiger partial charge in [0.2, 0.25) is 11.6 Å². The zero-order valence-electron chi connectivity index (χ0n) is 38.3. The van der Waals surface area contributed by atoms with Gasteiger partial charge in [0.25, 0.3) is 20.2 Å². The molecule has 15 heteroatoms. The third kappa shape index (κ3) is 11.2. The molecule has 7 rings (SSSR count). The van der Waals surface area contributed by atoms with Crippen molar-refractivity contribution in [3.05, 3.63) is 125 Å². The Kier molecular flexibility index (Phi) is 14.7. The van der Waals surface area contributed by atoms with Crippen LogP contribution in [-0.4, -0.2) is 98.7 Å². The summed E-state index contributed by atoms with van der Waals surface area (Å²) in [6.45, 7) is 15.2. The molecule has 1 amide bonds. The van der Waals surface area contributed by atoms with Crippen molar-refractivity contribution in [3.8, 4) is 0 Å². The standard InChI is InChI=1S/C50H63N5O8S2/c1-6-7-27-54-43-16-9-8-15-41(43)49(2,3)45(54)25-17-36-13-12-14-37(48(36)52-39-21-19-38(20-22-39)51-47(56)35-53-29-31-63-32-30-53)18-26-46-50(4,5)42-34-40(65(60,61)62)23-24-44(42)55(46)28-10-11-33-64(57,58)59/h8-9,15-26,34H,6-7,10-14,27-33,35H2,1-5H3,(H3,51,56,57,58,59,60,61,62)/p+1. The van der Waals surface area contributed by atoms with Gasteiger partial charge in [-0.05, 0) is 111 Å². The minimum absolute atomic E-state index is 0.0746. The topological polar surface area (TPSA) is 169 Å². The van der Waals surface area contributed by atoms with Gasteiger partial charge in [0.15, 0.2) is 5.71 Å². The van der Waals surface area contributed by atoms with Crippen LogP contribution in [-0.2, 0) is 40.6 Å². The van der Waals surface area contributed by atoms with Crippen molar-refractivity contribution in [2.45, 2.75) is 95.3 Å². The minimum atomic E-state index is -4.47. The molecule has 0 radical (unpaired) electrons. The quantitative estimate of drug-likeness (QED) is 0.0581. The molecule has 0 aromatic heterocycles. The number of amides is 1. The van der Waals surface area contributed by atoms with E-state index in [2.05, 4.69) is 94.3 Å². The third-order valence-corrected chi connectivity index (χ3v) is 14.7. The minimum Gasteiger partial charge on any atom is -0.379 e. The molecule has 1 aliphatic carbocycles. The Morgan fingerprint density at radius 1 is 0.846 bits per heavy atom. The summed E-state index contributed by atoms with van der Waals surface area (Å²) in [5.41, 5.74) is 10.0.